The third-order valence-electron chi connectivity index (χ3n) is 3.86. The van der Waals surface area contributed by atoms with Gasteiger partial charge < -0.3 is 15.2 Å². The van der Waals surface area contributed by atoms with Crippen molar-refractivity contribution in [2.24, 2.45) is 4.99 Å². The molecule has 0 aliphatic rings. The summed E-state index contributed by atoms with van der Waals surface area (Å²) in [6.45, 7) is 8.86. The second-order valence-electron chi connectivity index (χ2n) is 5.73. The molecule has 8 heteroatoms. The van der Waals surface area contributed by atoms with E-state index in [4.69, 9.17) is 4.99 Å². The van der Waals surface area contributed by atoms with Gasteiger partial charge in [-0.3, -0.25) is 4.99 Å². The summed E-state index contributed by atoms with van der Waals surface area (Å²) in [6, 6.07) is 4.65. The lowest BCUT2D eigenvalue weighted by atomic mass is 10.3. The summed E-state index contributed by atoms with van der Waals surface area (Å²) in [5.74, 6) is 1.90. The molecule has 140 valence electrons. The molecule has 0 spiro atoms. The molecule has 2 heterocycles. The fourth-order valence-corrected chi connectivity index (χ4v) is 2.95. The van der Waals surface area contributed by atoms with E-state index in [9.17, 15) is 0 Å². The highest BCUT2D eigenvalue weighted by atomic mass is 127. The number of rotatable bonds is 9. The van der Waals surface area contributed by atoms with Crippen molar-refractivity contribution in [3.8, 4) is 0 Å². The maximum Gasteiger partial charge on any atom is 0.191 e. The molecule has 0 aliphatic carbocycles. The van der Waals surface area contributed by atoms with E-state index in [0.29, 0.717) is 6.04 Å². The molecular formula is C17H29IN6S. The van der Waals surface area contributed by atoms with Gasteiger partial charge >= 0.3 is 0 Å². The van der Waals surface area contributed by atoms with Crippen molar-refractivity contribution < 1.29 is 0 Å². The van der Waals surface area contributed by atoms with Crippen LogP contribution in [0, 0.1) is 0 Å². The zero-order chi connectivity index (χ0) is 17.2. The Bertz CT molecular complexity index is 610. The Morgan fingerprint density at radius 1 is 1.40 bits per heavy atom. The molecule has 0 amide bonds. The quantitative estimate of drug-likeness (QED) is 0.332. The molecule has 1 unspecified atom stereocenters. The van der Waals surface area contributed by atoms with E-state index in [1.807, 2.05) is 0 Å². The van der Waals surface area contributed by atoms with E-state index in [2.05, 4.69) is 63.7 Å². The SMILES string of the molecule is CCc1nncn1CCNC(=NCCc1cccs1)NC(C)CC.I. The Kier molecular flexibility index (Phi) is 10.7. The van der Waals surface area contributed by atoms with Crippen LogP contribution in [-0.4, -0.2) is 39.9 Å². The lowest BCUT2D eigenvalue weighted by Gasteiger charge is -2.17. The Balaban J connectivity index is 0.00000312. The van der Waals surface area contributed by atoms with E-state index in [0.717, 1.165) is 50.7 Å². The second kappa shape index (κ2) is 12.2. The van der Waals surface area contributed by atoms with E-state index >= 15 is 0 Å². The van der Waals surface area contributed by atoms with Crippen molar-refractivity contribution in [1.29, 1.82) is 0 Å². The van der Waals surface area contributed by atoms with Crippen LogP contribution >= 0.6 is 35.3 Å². The first-order chi connectivity index (χ1) is 11.7. The van der Waals surface area contributed by atoms with Gasteiger partial charge in [-0.05, 0) is 24.8 Å². The molecule has 0 radical (unpaired) electrons. The van der Waals surface area contributed by atoms with Crippen LogP contribution in [0.1, 0.15) is 37.9 Å². The van der Waals surface area contributed by atoms with Crippen LogP contribution in [-0.2, 0) is 19.4 Å². The van der Waals surface area contributed by atoms with Crippen LogP contribution in [0.2, 0.25) is 0 Å². The molecular weight excluding hydrogens is 447 g/mol. The fraction of sp³-hybridized carbons (Fsp3) is 0.588. The highest BCUT2D eigenvalue weighted by Gasteiger charge is 2.05. The molecule has 25 heavy (non-hydrogen) atoms. The topological polar surface area (TPSA) is 67.1 Å². The normalized spacial score (nSPS) is 12.5. The molecule has 0 saturated carbocycles. The first-order valence-electron chi connectivity index (χ1n) is 8.66. The molecule has 2 aromatic rings. The number of nitrogens with zero attached hydrogens (tertiary/aromatic N) is 4. The van der Waals surface area contributed by atoms with Crippen molar-refractivity contribution in [1.82, 2.24) is 25.4 Å². The number of nitrogens with one attached hydrogen (secondary N) is 2. The fourth-order valence-electron chi connectivity index (χ4n) is 2.25. The minimum Gasteiger partial charge on any atom is -0.355 e. The van der Waals surface area contributed by atoms with Crippen molar-refractivity contribution in [2.45, 2.75) is 52.6 Å². The minimum absolute atomic E-state index is 0. The molecule has 0 aromatic carbocycles. The van der Waals surface area contributed by atoms with Gasteiger partial charge in [-0.2, -0.15) is 0 Å². The van der Waals surface area contributed by atoms with Crippen LogP contribution in [0.4, 0.5) is 0 Å². The van der Waals surface area contributed by atoms with Gasteiger partial charge in [0, 0.05) is 43.4 Å². The lowest BCUT2D eigenvalue weighted by molar-refractivity contribution is 0.599. The van der Waals surface area contributed by atoms with Gasteiger partial charge in [-0.1, -0.05) is 19.9 Å². The van der Waals surface area contributed by atoms with E-state index < -0.39 is 0 Å². The Labute approximate surface area is 171 Å². The number of hydrogen-bond acceptors (Lipinski definition) is 4. The maximum atomic E-state index is 4.71. The largest absolute Gasteiger partial charge is 0.355 e. The first-order valence-corrected chi connectivity index (χ1v) is 9.54. The van der Waals surface area contributed by atoms with Crippen LogP contribution in [0.5, 0.6) is 0 Å². The Morgan fingerprint density at radius 2 is 2.24 bits per heavy atom. The predicted molar refractivity (Wildman–Crippen MR) is 116 cm³/mol. The summed E-state index contributed by atoms with van der Waals surface area (Å²) in [7, 11) is 0. The number of aliphatic imine (C=N–C) groups is 1. The standard InChI is InChI=1S/C17H28N6S.HI/c1-4-14(3)21-17(18-9-8-15-7-6-12-24-15)19-10-11-23-13-20-22-16(23)5-2;/h6-7,12-14H,4-5,8-11H2,1-3H3,(H2,18,19,21);1H. The highest BCUT2D eigenvalue weighted by Crippen LogP contribution is 2.08. The Hall–Kier alpha value is -1.16. The van der Waals surface area contributed by atoms with Gasteiger partial charge in [-0.25, -0.2) is 0 Å². The third-order valence-corrected chi connectivity index (χ3v) is 4.80. The maximum absolute atomic E-state index is 4.71. The second-order valence-corrected chi connectivity index (χ2v) is 6.77. The summed E-state index contributed by atoms with van der Waals surface area (Å²) < 4.78 is 2.08. The van der Waals surface area contributed by atoms with Crippen LogP contribution in [0.25, 0.3) is 0 Å². The summed E-state index contributed by atoms with van der Waals surface area (Å²) in [5.41, 5.74) is 0. The molecule has 0 saturated heterocycles. The smallest absolute Gasteiger partial charge is 0.191 e. The monoisotopic (exact) mass is 476 g/mol. The molecule has 2 N–H and O–H groups in total. The molecule has 2 rings (SSSR count). The first kappa shape index (κ1) is 21.9. The van der Waals surface area contributed by atoms with Crippen molar-refractivity contribution in [3.05, 3.63) is 34.5 Å². The summed E-state index contributed by atoms with van der Waals surface area (Å²) in [6.07, 6.45) is 4.73. The minimum atomic E-state index is 0. The molecule has 2 aromatic heterocycles. The number of aryl methyl sites for hydroxylation is 1. The summed E-state index contributed by atoms with van der Waals surface area (Å²) in [4.78, 5) is 6.08. The predicted octanol–water partition coefficient (Wildman–Crippen LogP) is 3.10. The number of thiophene rings is 1. The number of halogens is 1. The zero-order valence-corrected chi connectivity index (χ0v) is 18.4. The molecule has 1 atom stereocenters. The van der Waals surface area contributed by atoms with Crippen molar-refractivity contribution in [2.75, 3.05) is 13.1 Å². The molecule has 0 bridgehead atoms. The summed E-state index contributed by atoms with van der Waals surface area (Å²) >= 11 is 1.79. The van der Waals surface area contributed by atoms with Gasteiger partial charge in [-0.15, -0.1) is 45.5 Å². The lowest BCUT2D eigenvalue weighted by Crippen LogP contribution is -2.43. The number of aromatic nitrogens is 3. The Morgan fingerprint density at radius 3 is 2.92 bits per heavy atom. The van der Waals surface area contributed by atoms with Crippen molar-refractivity contribution >= 4 is 41.3 Å². The number of hydrogen-bond donors (Lipinski definition) is 2. The van der Waals surface area contributed by atoms with Gasteiger partial charge in [0.15, 0.2) is 5.96 Å². The van der Waals surface area contributed by atoms with Crippen LogP contribution in [0.15, 0.2) is 28.8 Å². The zero-order valence-electron chi connectivity index (χ0n) is 15.2. The van der Waals surface area contributed by atoms with Crippen molar-refractivity contribution in [3.63, 3.8) is 0 Å². The number of guanidine groups is 1. The van der Waals surface area contributed by atoms with Gasteiger partial charge in [0.25, 0.3) is 0 Å². The average molecular weight is 476 g/mol. The third kappa shape index (κ3) is 7.72. The van der Waals surface area contributed by atoms with E-state index in [1.165, 1.54) is 4.88 Å². The van der Waals surface area contributed by atoms with Crippen LogP contribution in [0.3, 0.4) is 0 Å². The van der Waals surface area contributed by atoms with Gasteiger partial charge in [0.2, 0.25) is 0 Å². The van der Waals surface area contributed by atoms with Crippen LogP contribution < -0.4 is 10.6 Å². The van der Waals surface area contributed by atoms with E-state index in [1.54, 1.807) is 17.7 Å². The molecule has 0 fully saturated rings. The molecule has 6 nitrogen and oxygen atoms in total. The highest BCUT2D eigenvalue weighted by molar-refractivity contribution is 14.0. The average Bonchev–Trinajstić information content (AvgIpc) is 3.25. The molecule has 0 aliphatic heterocycles. The van der Waals surface area contributed by atoms with Gasteiger partial charge in [0.1, 0.15) is 12.2 Å². The van der Waals surface area contributed by atoms with E-state index in [-0.39, 0.29) is 24.0 Å². The van der Waals surface area contributed by atoms with Gasteiger partial charge in [0.05, 0.1) is 0 Å². The summed E-state index contributed by atoms with van der Waals surface area (Å²) in [5, 5.41) is 17.1.